The average Bonchev–Trinajstić information content (AvgIpc) is 3.07. The van der Waals surface area contributed by atoms with Crippen molar-refractivity contribution in [2.45, 2.75) is 25.8 Å². The van der Waals surface area contributed by atoms with Crippen molar-refractivity contribution in [2.75, 3.05) is 25.4 Å². The van der Waals surface area contributed by atoms with Gasteiger partial charge in [-0.2, -0.15) is 0 Å². The molecule has 1 amide bonds. The lowest BCUT2D eigenvalue weighted by molar-refractivity contribution is 0.0927. The molecule has 1 aliphatic heterocycles. The molecule has 0 aliphatic carbocycles. The van der Waals surface area contributed by atoms with E-state index in [0.717, 1.165) is 30.5 Å². The van der Waals surface area contributed by atoms with Gasteiger partial charge in [-0.3, -0.25) is 4.79 Å². The summed E-state index contributed by atoms with van der Waals surface area (Å²) in [4.78, 5) is 17.8. The molecule has 1 atom stereocenters. The number of nitrogens with one attached hydrogen (secondary N) is 2. The number of nitrogen functional groups attached to an aromatic ring is 1. The fourth-order valence-corrected chi connectivity index (χ4v) is 3.00. The van der Waals surface area contributed by atoms with Gasteiger partial charge in [0.1, 0.15) is 5.69 Å². The second-order valence-electron chi connectivity index (χ2n) is 5.88. The molecule has 21 heavy (non-hydrogen) atoms. The third-order valence-corrected chi connectivity index (χ3v) is 4.04. The van der Waals surface area contributed by atoms with Gasteiger partial charge in [0, 0.05) is 18.0 Å². The van der Waals surface area contributed by atoms with Crippen molar-refractivity contribution in [2.24, 2.45) is 0 Å². The number of rotatable bonds is 4. The van der Waals surface area contributed by atoms with Crippen LogP contribution in [0.4, 0.5) is 5.69 Å². The Kier molecular flexibility index (Phi) is 3.84. The van der Waals surface area contributed by atoms with E-state index in [1.54, 1.807) is 0 Å². The van der Waals surface area contributed by atoms with Crippen LogP contribution in [0.3, 0.4) is 0 Å². The number of anilines is 1. The predicted molar refractivity (Wildman–Crippen MR) is 85.3 cm³/mol. The van der Waals surface area contributed by atoms with Crippen LogP contribution in [-0.4, -0.2) is 41.5 Å². The van der Waals surface area contributed by atoms with Gasteiger partial charge in [-0.05, 0) is 45.0 Å². The second-order valence-corrected chi connectivity index (χ2v) is 5.88. The molecule has 1 aliphatic rings. The number of H-pyrrole nitrogens is 1. The first-order valence-electron chi connectivity index (χ1n) is 7.54. The molecule has 1 fully saturated rings. The Morgan fingerprint density at radius 2 is 2.19 bits per heavy atom. The Morgan fingerprint density at radius 1 is 1.43 bits per heavy atom. The molecule has 1 aromatic heterocycles. The van der Waals surface area contributed by atoms with E-state index in [4.69, 9.17) is 5.73 Å². The van der Waals surface area contributed by atoms with Gasteiger partial charge in [0.25, 0.3) is 5.91 Å². The van der Waals surface area contributed by atoms with Crippen LogP contribution in [0.25, 0.3) is 10.9 Å². The summed E-state index contributed by atoms with van der Waals surface area (Å²) < 4.78 is 0. The highest BCUT2D eigenvalue weighted by Crippen LogP contribution is 2.21. The Balaban J connectivity index is 1.67. The molecule has 112 valence electrons. The lowest BCUT2D eigenvalue weighted by Gasteiger charge is -2.20. The Hall–Kier alpha value is -2.01. The third kappa shape index (κ3) is 3.03. The van der Waals surface area contributed by atoms with Crippen LogP contribution < -0.4 is 11.1 Å². The largest absolute Gasteiger partial charge is 0.397 e. The summed E-state index contributed by atoms with van der Waals surface area (Å²) in [7, 11) is 0. The topological polar surface area (TPSA) is 74.2 Å². The van der Waals surface area contributed by atoms with Crippen LogP contribution in [-0.2, 0) is 0 Å². The van der Waals surface area contributed by atoms with Crippen LogP contribution in [0, 0.1) is 0 Å². The van der Waals surface area contributed by atoms with Gasteiger partial charge in [0.05, 0.1) is 11.2 Å². The maximum absolute atomic E-state index is 12.3. The number of aromatic amines is 1. The minimum absolute atomic E-state index is 0.0719. The number of nitrogens with zero attached hydrogens (tertiary/aromatic N) is 1. The standard InChI is InChI=1S/C16H22N4O/c1-11(10-20-7-2-3-8-20)18-16(21)14-9-12-5-4-6-13(17)15(12)19-14/h4-6,9,11,19H,2-3,7-8,10,17H2,1H3,(H,18,21). The van der Waals surface area contributed by atoms with E-state index >= 15 is 0 Å². The first kappa shape index (κ1) is 13.9. The van der Waals surface area contributed by atoms with Crippen molar-refractivity contribution in [3.05, 3.63) is 30.0 Å². The monoisotopic (exact) mass is 286 g/mol. The first-order chi connectivity index (χ1) is 10.1. The number of hydrogen-bond acceptors (Lipinski definition) is 3. The number of benzene rings is 1. The third-order valence-electron chi connectivity index (χ3n) is 4.04. The zero-order valence-electron chi connectivity index (χ0n) is 12.4. The summed E-state index contributed by atoms with van der Waals surface area (Å²) in [5.41, 5.74) is 7.97. The highest BCUT2D eigenvalue weighted by atomic mass is 16.1. The molecule has 0 bridgehead atoms. The first-order valence-corrected chi connectivity index (χ1v) is 7.54. The van der Waals surface area contributed by atoms with Gasteiger partial charge in [-0.25, -0.2) is 0 Å². The van der Waals surface area contributed by atoms with E-state index < -0.39 is 0 Å². The van der Waals surface area contributed by atoms with E-state index in [9.17, 15) is 4.79 Å². The van der Waals surface area contributed by atoms with Crippen LogP contribution in [0.1, 0.15) is 30.3 Å². The normalized spacial score (nSPS) is 17.2. The molecule has 4 N–H and O–H groups in total. The number of aromatic nitrogens is 1. The van der Waals surface area contributed by atoms with E-state index in [2.05, 4.69) is 15.2 Å². The van der Waals surface area contributed by atoms with Crippen molar-refractivity contribution in [3.8, 4) is 0 Å². The molecule has 3 rings (SSSR count). The summed E-state index contributed by atoms with van der Waals surface area (Å²) in [6, 6.07) is 7.66. The van der Waals surface area contributed by atoms with Gasteiger partial charge < -0.3 is 20.9 Å². The zero-order valence-corrected chi connectivity index (χ0v) is 12.4. The number of nitrogens with two attached hydrogens (primary N) is 1. The molecule has 2 aromatic rings. The molecular formula is C16H22N4O. The zero-order chi connectivity index (χ0) is 14.8. The van der Waals surface area contributed by atoms with Crippen molar-refractivity contribution < 1.29 is 4.79 Å². The molecular weight excluding hydrogens is 264 g/mol. The molecule has 1 unspecified atom stereocenters. The fourth-order valence-electron chi connectivity index (χ4n) is 3.00. The second kappa shape index (κ2) is 5.77. The summed E-state index contributed by atoms with van der Waals surface area (Å²) in [6.07, 6.45) is 2.53. The van der Waals surface area contributed by atoms with Crippen molar-refractivity contribution in [3.63, 3.8) is 0 Å². The van der Waals surface area contributed by atoms with E-state index in [0.29, 0.717) is 11.4 Å². The Bertz CT molecular complexity index is 643. The molecule has 0 spiro atoms. The van der Waals surface area contributed by atoms with E-state index in [1.807, 2.05) is 31.2 Å². The van der Waals surface area contributed by atoms with Crippen LogP contribution >= 0.6 is 0 Å². The fraction of sp³-hybridized carbons (Fsp3) is 0.438. The Morgan fingerprint density at radius 3 is 2.90 bits per heavy atom. The summed E-state index contributed by atoms with van der Waals surface area (Å²) >= 11 is 0. The maximum atomic E-state index is 12.3. The van der Waals surface area contributed by atoms with Gasteiger partial charge in [-0.1, -0.05) is 12.1 Å². The lowest BCUT2D eigenvalue weighted by Crippen LogP contribution is -2.41. The van der Waals surface area contributed by atoms with Crippen LogP contribution in [0.5, 0.6) is 0 Å². The van der Waals surface area contributed by atoms with E-state index in [1.165, 1.54) is 12.8 Å². The summed E-state index contributed by atoms with van der Waals surface area (Å²) in [5, 5.41) is 4.02. The van der Waals surface area contributed by atoms with Crippen LogP contribution in [0.2, 0.25) is 0 Å². The maximum Gasteiger partial charge on any atom is 0.267 e. The predicted octanol–water partition coefficient (Wildman–Crippen LogP) is 1.96. The van der Waals surface area contributed by atoms with Gasteiger partial charge in [0.15, 0.2) is 0 Å². The van der Waals surface area contributed by atoms with Crippen molar-refractivity contribution in [1.29, 1.82) is 0 Å². The molecule has 5 nitrogen and oxygen atoms in total. The number of carbonyl (C=O) groups excluding carboxylic acids is 1. The number of para-hydroxylation sites is 1. The van der Waals surface area contributed by atoms with Crippen LogP contribution in [0.15, 0.2) is 24.3 Å². The molecule has 1 saturated heterocycles. The minimum atomic E-state index is -0.0719. The van der Waals surface area contributed by atoms with Gasteiger partial charge >= 0.3 is 0 Å². The highest BCUT2D eigenvalue weighted by Gasteiger charge is 2.17. The average molecular weight is 286 g/mol. The summed E-state index contributed by atoms with van der Waals surface area (Å²) in [6.45, 7) is 5.24. The number of likely N-dealkylation sites (tertiary alicyclic amines) is 1. The number of amides is 1. The number of carbonyl (C=O) groups is 1. The molecule has 0 saturated carbocycles. The molecule has 1 aromatic carbocycles. The minimum Gasteiger partial charge on any atom is -0.397 e. The molecule has 2 heterocycles. The van der Waals surface area contributed by atoms with Crippen molar-refractivity contribution in [1.82, 2.24) is 15.2 Å². The van der Waals surface area contributed by atoms with Crippen molar-refractivity contribution >= 4 is 22.5 Å². The Labute approximate surface area is 124 Å². The van der Waals surface area contributed by atoms with Gasteiger partial charge in [0.2, 0.25) is 0 Å². The van der Waals surface area contributed by atoms with E-state index in [-0.39, 0.29) is 11.9 Å². The summed E-state index contributed by atoms with van der Waals surface area (Å²) in [5.74, 6) is -0.0719. The van der Waals surface area contributed by atoms with Gasteiger partial charge in [-0.15, -0.1) is 0 Å². The SMILES string of the molecule is CC(CN1CCCC1)NC(=O)c1cc2cccc(N)c2[nH]1. The smallest absolute Gasteiger partial charge is 0.267 e. The molecule has 0 radical (unpaired) electrons. The highest BCUT2D eigenvalue weighted by molar-refractivity contribution is 6.00. The quantitative estimate of drug-likeness (QED) is 0.752. The lowest BCUT2D eigenvalue weighted by atomic mass is 10.2. The number of hydrogen-bond donors (Lipinski definition) is 3. The number of fused-ring (bicyclic) bond motifs is 1. The molecule has 5 heteroatoms.